The zero-order valence-corrected chi connectivity index (χ0v) is 13.5. The first-order chi connectivity index (χ1) is 8.90. The normalized spacial score (nSPS) is 12.2. The molecule has 1 N–H and O–H groups in total. The molecule has 0 aromatic carbocycles. The van der Waals surface area contributed by atoms with Crippen molar-refractivity contribution in [3.8, 4) is 9.88 Å². The number of nitrogens with one attached hydrogen (secondary N) is 1. The van der Waals surface area contributed by atoms with Gasteiger partial charge in [-0.25, -0.2) is 18.1 Å². The van der Waals surface area contributed by atoms with Gasteiger partial charge in [-0.3, -0.25) is 0 Å². The lowest BCUT2D eigenvalue weighted by Crippen LogP contribution is -2.30. The topological polar surface area (TPSA) is 59.1 Å². The Morgan fingerprint density at radius 1 is 1.42 bits per heavy atom. The highest BCUT2D eigenvalue weighted by Crippen LogP contribution is 2.31. The maximum atomic E-state index is 11.7. The highest BCUT2D eigenvalue weighted by molar-refractivity contribution is 7.90. The molecule has 0 aliphatic heterocycles. The molecular formula is C12H16N2O2S3. The van der Waals surface area contributed by atoms with Crippen molar-refractivity contribution in [1.29, 1.82) is 0 Å². The molecule has 2 aromatic heterocycles. The number of nitrogens with zero attached hydrogens (tertiary/aromatic N) is 1. The predicted octanol–water partition coefficient (Wildman–Crippen LogP) is 3.01. The Bertz CT molecular complexity index is 643. The molecule has 0 saturated heterocycles. The van der Waals surface area contributed by atoms with E-state index in [4.69, 9.17) is 0 Å². The van der Waals surface area contributed by atoms with Gasteiger partial charge in [0.15, 0.2) is 0 Å². The molecule has 2 rings (SSSR count). The van der Waals surface area contributed by atoms with Crippen LogP contribution in [-0.4, -0.2) is 18.7 Å². The average molecular weight is 316 g/mol. The number of thiazole rings is 1. The summed E-state index contributed by atoms with van der Waals surface area (Å²) in [5.41, 5.74) is 0.889. The van der Waals surface area contributed by atoms with E-state index in [1.165, 1.54) is 0 Å². The van der Waals surface area contributed by atoms with Gasteiger partial charge in [0.05, 0.1) is 15.8 Å². The number of thiophene rings is 1. The van der Waals surface area contributed by atoms with Crippen molar-refractivity contribution in [3.05, 3.63) is 28.1 Å². The third kappa shape index (κ3) is 3.42. The van der Waals surface area contributed by atoms with E-state index in [0.29, 0.717) is 6.54 Å². The van der Waals surface area contributed by atoms with E-state index < -0.39 is 15.3 Å². The molecule has 104 valence electrons. The van der Waals surface area contributed by atoms with Gasteiger partial charge in [-0.2, -0.15) is 0 Å². The number of rotatable bonds is 5. The quantitative estimate of drug-likeness (QED) is 0.922. The second-order valence-corrected chi connectivity index (χ2v) is 8.77. The number of hydrogen-bond acceptors (Lipinski definition) is 5. The van der Waals surface area contributed by atoms with Gasteiger partial charge in [0.25, 0.3) is 0 Å². The van der Waals surface area contributed by atoms with Crippen molar-refractivity contribution in [2.75, 3.05) is 0 Å². The minimum atomic E-state index is -3.23. The van der Waals surface area contributed by atoms with Gasteiger partial charge in [0.2, 0.25) is 10.0 Å². The van der Waals surface area contributed by atoms with Crippen LogP contribution in [0.5, 0.6) is 0 Å². The molecule has 2 aromatic rings. The van der Waals surface area contributed by atoms with Crippen LogP contribution in [0.4, 0.5) is 0 Å². The van der Waals surface area contributed by atoms with Crippen molar-refractivity contribution < 1.29 is 8.42 Å². The Morgan fingerprint density at radius 2 is 2.16 bits per heavy atom. The largest absolute Gasteiger partial charge is 0.240 e. The lowest BCUT2D eigenvalue weighted by molar-refractivity contribution is 0.572. The third-order valence-electron chi connectivity index (χ3n) is 2.68. The lowest BCUT2D eigenvalue weighted by Gasteiger charge is -2.08. The van der Waals surface area contributed by atoms with Gasteiger partial charge in [-0.1, -0.05) is 6.07 Å². The van der Waals surface area contributed by atoms with Crippen molar-refractivity contribution in [1.82, 2.24) is 9.71 Å². The molecule has 19 heavy (non-hydrogen) atoms. The zero-order chi connectivity index (χ0) is 14.0. The average Bonchev–Trinajstić information content (AvgIpc) is 2.95. The molecule has 0 saturated carbocycles. The van der Waals surface area contributed by atoms with E-state index in [1.54, 1.807) is 36.5 Å². The smallest absolute Gasteiger partial charge is 0.214 e. The number of aromatic nitrogens is 1. The molecule has 7 heteroatoms. The molecule has 4 nitrogen and oxygen atoms in total. The molecule has 0 spiro atoms. The van der Waals surface area contributed by atoms with Crippen LogP contribution in [0.25, 0.3) is 9.88 Å². The summed E-state index contributed by atoms with van der Waals surface area (Å²) in [6, 6.07) is 4.00. The monoisotopic (exact) mass is 316 g/mol. The Balaban J connectivity index is 2.15. The molecule has 0 amide bonds. The fraction of sp³-hybridized carbons (Fsp3) is 0.417. The first-order valence-corrected chi connectivity index (χ1v) is 9.13. The molecule has 2 heterocycles. The summed E-state index contributed by atoms with van der Waals surface area (Å²) in [6.45, 7) is 5.56. The maximum absolute atomic E-state index is 11.7. The first kappa shape index (κ1) is 14.6. The summed E-state index contributed by atoms with van der Waals surface area (Å²) < 4.78 is 26.1. The number of hydrogen-bond donors (Lipinski definition) is 1. The third-order valence-corrected chi connectivity index (χ3v) is 6.66. The summed E-state index contributed by atoms with van der Waals surface area (Å²) in [5, 5.41) is 2.54. The van der Waals surface area contributed by atoms with Gasteiger partial charge < -0.3 is 0 Å². The van der Waals surface area contributed by atoms with Gasteiger partial charge in [-0.15, -0.1) is 22.7 Å². The van der Waals surface area contributed by atoms with E-state index in [9.17, 15) is 8.42 Å². The maximum Gasteiger partial charge on any atom is 0.214 e. The van der Waals surface area contributed by atoms with Gasteiger partial charge >= 0.3 is 0 Å². The van der Waals surface area contributed by atoms with Crippen LogP contribution in [0.3, 0.4) is 0 Å². The van der Waals surface area contributed by atoms with Crippen molar-refractivity contribution >= 4 is 32.7 Å². The van der Waals surface area contributed by atoms with Crippen molar-refractivity contribution in [2.24, 2.45) is 0 Å². The highest BCUT2D eigenvalue weighted by Gasteiger charge is 2.17. The van der Waals surface area contributed by atoms with E-state index in [1.807, 2.05) is 24.4 Å². The second-order valence-electron chi connectivity index (χ2n) is 4.42. The van der Waals surface area contributed by atoms with Crippen molar-refractivity contribution in [3.63, 3.8) is 0 Å². The van der Waals surface area contributed by atoms with E-state index in [-0.39, 0.29) is 0 Å². The molecule has 0 bridgehead atoms. The Hall–Kier alpha value is -0.760. The number of sulfonamides is 1. The summed E-state index contributed by atoms with van der Waals surface area (Å²) in [4.78, 5) is 6.57. The second kappa shape index (κ2) is 5.70. The van der Waals surface area contributed by atoms with E-state index >= 15 is 0 Å². The summed E-state index contributed by atoms with van der Waals surface area (Å²) in [7, 11) is -3.23. The van der Waals surface area contributed by atoms with E-state index in [0.717, 1.165) is 20.5 Å². The highest BCUT2D eigenvalue weighted by atomic mass is 32.2. The summed E-state index contributed by atoms with van der Waals surface area (Å²) in [5.74, 6) is 0. The fourth-order valence-corrected chi connectivity index (χ4v) is 4.00. The predicted molar refractivity (Wildman–Crippen MR) is 81.1 cm³/mol. The lowest BCUT2D eigenvalue weighted by atomic mass is 10.4. The van der Waals surface area contributed by atoms with Gasteiger partial charge in [-0.05, 0) is 32.2 Å². The van der Waals surface area contributed by atoms with Crippen LogP contribution in [0.1, 0.15) is 24.4 Å². The molecular weight excluding hydrogens is 300 g/mol. The summed E-state index contributed by atoms with van der Waals surface area (Å²) in [6.07, 6.45) is 0. The minimum absolute atomic E-state index is 0.315. The molecule has 0 fully saturated rings. The van der Waals surface area contributed by atoms with Crippen LogP contribution < -0.4 is 4.72 Å². The van der Waals surface area contributed by atoms with Gasteiger partial charge in [0.1, 0.15) is 5.01 Å². The molecule has 0 radical (unpaired) electrons. The molecule has 0 aliphatic carbocycles. The zero-order valence-electron chi connectivity index (χ0n) is 11.0. The fourth-order valence-electron chi connectivity index (χ4n) is 1.43. The number of aryl methyl sites for hydroxylation is 1. The van der Waals surface area contributed by atoms with Crippen LogP contribution in [0.15, 0.2) is 17.5 Å². The first-order valence-electron chi connectivity index (χ1n) is 5.89. The van der Waals surface area contributed by atoms with Crippen LogP contribution in [0, 0.1) is 6.92 Å². The Kier molecular flexibility index (Phi) is 4.39. The SMILES string of the molecule is Cc1nc(-c2cccs2)sc1CNS(=O)(=O)C(C)C. The summed E-state index contributed by atoms with van der Waals surface area (Å²) >= 11 is 3.18. The minimum Gasteiger partial charge on any atom is -0.240 e. The standard InChI is InChI=1S/C12H16N2O2S3/c1-8(2)19(15,16)13-7-11-9(3)14-12(18-11)10-5-4-6-17-10/h4-6,8,13H,7H2,1-3H3. The van der Waals surface area contributed by atoms with Crippen LogP contribution >= 0.6 is 22.7 Å². The Morgan fingerprint density at radius 3 is 2.74 bits per heavy atom. The molecule has 0 aliphatic rings. The molecule has 0 atom stereocenters. The Labute approximate surface area is 121 Å². The van der Waals surface area contributed by atoms with Crippen LogP contribution in [-0.2, 0) is 16.6 Å². The van der Waals surface area contributed by atoms with Crippen LogP contribution in [0.2, 0.25) is 0 Å². The van der Waals surface area contributed by atoms with Gasteiger partial charge in [0, 0.05) is 11.4 Å². The van der Waals surface area contributed by atoms with E-state index in [2.05, 4.69) is 9.71 Å². The molecule has 0 unspecified atom stereocenters. The van der Waals surface area contributed by atoms with Crippen molar-refractivity contribution in [2.45, 2.75) is 32.6 Å².